The Labute approximate surface area is 135 Å². The van der Waals surface area contributed by atoms with Crippen LogP contribution in [0.15, 0.2) is 18.2 Å². The monoisotopic (exact) mass is 323 g/mol. The van der Waals surface area contributed by atoms with Crippen LogP contribution in [0.2, 0.25) is 0 Å². The Morgan fingerprint density at radius 3 is 2.39 bits per heavy atom. The Morgan fingerprint density at radius 1 is 1.09 bits per heavy atom. The predicted octanol–water partition coefficient (Wildman–Crippen LogP) is 2.51. The number of piperidine rings is 1. The molecule has 0 spiro atoms. The molecule has 1 aromatic carbocycles. The summed E-state index contributed by atoms with van der Waals surface area (Å²) in [7, 11) is 0. The molecule has 126 valence electrons. The number of hydrogen-bond acceptors (Lipinski definition) is 3. The highest BCUT2D eigenvalue weighted by molar-refractivity contribution is 5.92. The molecule has 1 amide bonds. The van der Waals surface area contributed by atoms with Crippen LogP contribution in [-0.4, -0.2) is 42.5 Å². The third-order valence-electron chi connectivity index (χ3n) is 4.73. The van der Waals surface area contributed by atoms with Crippen LogP contribution in [0.3, 0.4) is 0 Å². The number of carbonyl (C=O) groups excluding carboxylic acids is 1. The molecule has 23 heavy (non-hydrogen) atoms. The fourth-order valence-corrected chi connectivity index (χ4v) is 3.14. The van der Waals surface area contributed by atoms with Gasteiger partial charge in [0.05, 0.1) is 6.54 Å². The summed E-state index contributed by atoms with van der Waals surface area (Å²) >= 11 is 0. The van der Waals surface area contributed by atoms with Crippen molar-refractivity contribution in [3.63, 3.8) is 0 Å². The zero-order valence-electron chi connectivity index (χ0n) is 13.2. The standard InChI is InChI=1S/C17H23F2N3O/c18-15-5-4-14(10-16(15)19)21-17(23)11-22-8-6-13(7-9-22)20-12-2-1-3-12/h4-5,10,12-13,20H,1-3,6-9,11H2,(H,21,23). The highest BCUT2D eigenvalue weighted by atomic mass is 19.2. The Bertz CT molecular complexity index is 555. The zero-order chi connectivity index (χ0) is 16.2. The highest BCUT2D eigenvalue weighted by Gasteiger charge is 2.25. The number of carbonyl (C=O) groups is 1. The molecule has 0 bridgehead atoms. The zero-order valence-corrected chi connectivity index (χ0v) is 13.2. The van der Waals surface area contributed by atoms with Crippen LogP contribution in [0, 0.1) is 11.6 Å². The Kier molecular flexibility index (Phi) is 5.23. The lowest BCUT2D eigenvalue weighted by molar-refractivity contribution is -0.117. The lowest BCUT2D eigenvalue weighted by Gasteiger charge is -2.36. The summed E-state index contributed by atoms with van der Waals surface area (Å²) in [4.78, 5) is 14.1. The lowest BCUT2D eigenvalue weighted by Crippen LogP contribution is -2.49. The van der Waals surface area contributed by atoms with Crippen LogP contribution >= 0.6 is 0 Å². The van der Waals surface area contributed by atoms with Crippen LogP contribution in [0.4, 0.5) is 14.5 Å². The van der Waals surface area contributed by atoms with E-state index < -0.39 is 11.6 Å². The molecule has 1 aliphatic carbocycles. The smallest absolute Gasteiger partial charge is 0.238 e. The molecule has 1 heterocycles. The SMILES string of the molecule is O=C(CN1CCC(NC2CCC2)CC1)Nc1ccc(F)c(F)c1. The van der Waals surface area contributed by atoms with Gasteiger partial charge in [0.2, 0.25) is 5.91 Å². The van der Waals surface area contributed by atoms with Gasteiger partial charge in [0.15, 0.2) is 11.6 Å². The van der Waals surface area contributed by atoms with Crippen LogP contribution in [-0.2, 0) is 4.79 Å². The number of benzene rings is 1. The summed E-state index contributed by atoms with van der Waals surface area (Å²) in [6.45, 7) is 2.06. The Hall–Kier alpha value is -1.53. The minimum atomic E-state index is -0.953. The van der Waals surface area contributed by atoms with E-state index in [4.69, 9.17) is 0 Å². The molecular formula is C17H23F2N3O. The van der Waals surface area contributed by atoms with Crippen molar-refractivity contribution in [1.82, 2.24) is 10.2 Å². The van der Waals surface area contributed by atoms with Crippen molar-refractivity contribution in [3.8, 4) is 0 Å². The van der Waals surface area contributed by atoms with Crippen molar-refractivity contribution in [3.05, 3.63) is 29.8 Å². The third-order valence-corrected chi connectivity index (χ3v) is 4.73. The third kappa shape index (κ3) is 4.48. The fourth-order valence-electron chi connectivity index (χ4n) is 3.14. The van der Waals surface area contributed by atoms with E-state index in [2.05, 4.69) is 15.5 Å². The molecule has 1 aliphatic heterocycles. The molecule has 2 N–H and O–H groups in total. The molecule has 0 aromatic heterocycles. The number of amides is 1. The quantitative estimate of drug-likeness (QED) is 0.875. The van der Waals surface area contributed by atoms with Gasteiger partial charge in [-0.15, -0.1) is 0 Å². The molecule has 6 heteroatoms. The second-order valence-corrected chi connectivity index (χ2v) is 6.52. The molecule has 0 atom stereocenters. The summed E-state index contributed by atoms with van der Waals surface area (Å²) < 4.78 is 26.0. The number of hydrogen-bond donors (Lipinski definition) is 2. The molecule has 1 aromatic rings. The van der Waals surface area contributed by atoms with Gasteiger partial charge in [0.1, 0.15) is 0 Å². The number of likely N-dealkylation sites (tertiary alicyclic amines) is 1. The van der Waals surface area contributed by atoms with Gasteiger partial charge < -0.3 is 10.6 Å². The first kappa shape index (κ1) is 16.3. The van der Waals surface area contributed by atoms with Crippen LogP contribution in [0.25, 0.3) is 0 Å². The van der Waals surface area contributed by atoms with Gasteiger partial charge in [-0.2, -0.15) is 0 Å². The van der Waals surface area contributed by atoms with Crippen molar-refractivity contribution in [2.45, 2.75) is 44.2 Å². The minimum absolute atomic E-state index is 0.193. The first-order valence-electron chi connectivity index (χ1n) is 8.33. The van der Waals surface area contributed by atoms with Gasteiger partial charge in [0.25, 0.3) is 0 Å². The van der Waals surface area contributed by atoms with Gasteiger partial charge >= 0.3 is 0 Å². The Balaban J connectivity index is 1.40. The van der Waals surface area contributed by atoms with Crippen molar-refractivity contribution in [1.29, 1.82) is 0 Å². The summed E-state index contributed by atoms with van der Waals surface area (Å²) in [6.07, 6.45) is 6.01. The highest BCUT2D eigenvalue weighted by Crippen LogP contribution is 2.21. The number of nitrogens with zero attached hydrogens (tertiary/aromatic N) is 1. The topological polar surface area (TPSA) is 44.4 Å². The summed E-state index contributed by atoms with van der Waals surface area (Å²) in [5.74, 6) is -2.06. The molecule has 2 aliphatic rings. The maximum absolute atomic E-state index is 13.1. The van der Waals surface area contributed by atoms with Gasteiger partial charge in [-0.3, -0.25) is 9.69 Å². The van der Waals surface area contributed by atoms with E-state index in [0.29, 0.717) is 12.1 Å². The maximum atomic E-state index is 13.1. The van der Waals surface area contributed by atoms with Crippen LogP contribution < -0.4 is 10.6 Å². The normalized spacial score (nSPS) is 20.3. The largest absolute Gasteiger partial charge is 0.325 e. The summed E-state index contributed by atoms with van der Waals surface area (Å²) in [5, 5.41) is 6.29. The minimum Gasteiger partial charge on any atom is -0.325 e. The van der Waals surface area contributed by atoms with Crippen molar-refractivity contribution in [2.24, 2.45) is 0 Å². The summed E-state index contributed by atoms with van der Waals surface area (Å²) in [5.41, 5.74) is 0.287. The average Bonchev–Trinajstić information content (AvgIpc) is 2.48. The van der Waals surface area contributed by atoms with Crippen molar-refractivity contribution >= 4 is 11.6 Å². The average molecular weight is 323 g/mol. The number of anilines is 1. The van der Waals surface area contributed by atoms with Gasteiger partial charge in [-0.1, -0.05) is 6.42 Å². The maximum Gasteiger partial charge on any atom is 0.238 e. The molecular weight excluding hydrogens is 300 g/mol. The molecule has 4 nitrogen and oxygen atoms in total. The van der Waals surface area contributed by atoms with Crippen LogP contribution in [0.1, 0.15) is 32.1 Å². The number of rotatable bonds is 5. The van der Waals surface area contributed by atoms with Crippen molar-refractivity contribution < 1.29 is 13.6 Å². The van der Waals surface area contributed by atoms with E-state index in [9.17, 15) is 13.6 Å². The van der Waals surface area contributed by atoms with E-state index in [1.54, 1.807) is 0 Å². The predicted molar refractivity (Wildman–Crippen MR) is 85.2 cm³/mol. The van der Waals surface area contributed by atoms with Gasteiger partial charge in [-0.05, 0) is 37.8 Å². The van der Waals surface area contributed by atoms with E-state index in [0.717, 1.165) is 38.1 Å². The first-order chi connectivity index (χ1) is 11.1. The van der Waals surface area contributed by atoms with Crippen LogP contribution in [0.5, 0.6) is 0 Å². The van der Waals surface area contributed by atoms with E-state index in [1.165, 1.54) is 25.3 Å². The van der Waals surface area contributed by atoms with E-state index in [-0.39, 0.29) is 18.1 Å². The fraction of sp³-hybridized carbons (Fsp3) is 0.588. The lowest BCUT2D eigenvalue weighted by atomic mass is 9.91. The van der Waals surface area contributed by atoms with Gasteiger partial charge in [-0.25, -0.2) is 8.78 Å². The molecule has 1 saturated carbocycles. The van der Waals surface area contributed by atoms with Crippen molar-refractivity contribution in [2.75, 3.05) is 25.0 Å². The molecule has 2 fully saturated rings. The second-order valence-electron chi connectivity index (χ2n) is 6.52. The summed E-state index contributed by atoms with van der Waals surface area (Å²) in [6, 6.07) is 4.64. The number of nitrogens with one attached hydrogen (secondary N) is 2. The van der Waals surface area contributed by atoms with E-state index >= 15 is 0 Å². The number of halogens is 2. The molecule has 0 radical (unpaired) electrons. The van der Waals surface area contributed by atoms with E-state index in [1.807, 2.05) is 0 Å². The molecule has 3 rings (SSSR count). The van der Waals surface area contributed by atoms with Gasteiger partial charge in [0, 0.05) is 36.9 Å². The Morgan fingerprint density at radius 2 is 1.78 bits per heavy atom. The molecule has 0 unspecified atom stereocenters. The first-order valence-corrected chi connectivity index (χ1v) is 8.33. The molecule has 1 saturated heterocycles. The second kappa shape index (κ2) is 7.36.